The van der Waals surface area contributed by atoms with Crippen LogP contribution in [-0.4, -0.2) is 28.9 Å². The van der Waals surface area contributed by atoms with Crippen LogP contribution in [0.3, 0.4) is 0 Å². The fourth-order valence-electron chi connectivity index (χ4n) is 2.38. The predicted octanol–water partition coefficient (Wildman–Crippen LogP) is 0.987. The van der Waals surface area contributed by atoms with Gasteiger partial charge in [0.25, 0.3) is 5.56 Å². The van der Waals surface area contributed by atoms with Gasteiger partial charge in [-0.2, -0.15) is 0 Å². The Morgan fingerprint density at radius 3 is 2.50 bits per heavy atom. The van der Waals surface area contributed by atoms with Crippen molar-refractivity contribution in [2.75, 3.05) is 24.2 Å². The summed E-state index contributed by atoms with van der Waals surface area (Å²) in [6, 6.07) is 5.60. The number of Topliss-reactive ketones (excluding diaryl/α,β-unsaturated/α-hetero) is 1. The van der Waals surface area contributed by atoms with E-state index in [9.17, 15) is 18.8 Å². The fraction of sp³-hybridized carbons (Fsp3) is 0.312. The number of nitrogens with zero attached hydrogens (tertiary/aromatic N) is 2. The lowest BCUT2D eigenvalue weighted by Gasteiger charge is -2.19. The number of ketones is 1. The van der Waals surface area contributed by atoms with Gasteiger partial charge in [0.2, 0.25) is 0 Å². The van der Waals surface area contributed by atoms with Gasteiger partial charge in [-0.1, -0.05) is 6.92 Å². The van der Waals surface area contributed by atoms with Gasteiger partial charge in [-0.25, -0.2) is 9.18 Å². The number of nitrogens with one attached hydrogen (secondary N) is 1. The molecule has 1 aromatic heterocycles. The average Bonchev–Trinajstić information content (AvgIpc) is 2.51. The van der Waals surface area contributed by atoms with Crippen molar-refractivity contribution >= 4 is 17.3 Å². The molecule has 0 aliphatic rings. The number of benzene rings is 1. The van der Waals surface area contributed by atoms with Crippen LogP contribution in [0.1, 0.15) is 23.7 Å². The summed E-state index contributed by atoms with van der Waals surface area (Å²) in [4.78, 5) is 39.9. The van der Waals surface area contributed by atoms with E-state index in [1.165, 1.54) is 28.8 Å². The number of halogens is 1. The van der Waals surface area contributed by atoms with Crippen molar-refractivity contribution in [1.29, 1.82) is 0 Å². The summed E-state index contributed by atoms with van der Waals surface area (Å²) >= 11 is 0. The second-order valence-corrected chi connectivity index (χ2v) is 5.43. The second kappa shape index (κ2) is 7.12. The molecule has 0 saturated heterocycles. The molecule has 0 spiro atoms. The summed E-state index contributed by atoms with van der Waals surface area (Å²) in [5, 5.41) is 0. The number of rotatable bonds is 6. The minimum atomic E-state index is -0.803. The Labute approximate surface area is 137 Å². The van der Waals surface area contributed by atoms with E-state index in [0.717, 1.165) is 0 Å². The Kier molecular flexibility index (Phi) is 5.18. The first-order valence-electron chi connectivity index (χ1n) is 7.47. The first-order valence-corrected chi connectivity index (χ1v) is 7.47. The van der Waals surface area contributed by atoms with Crippen LogP contribution < -0.4 is 21.9 Å². The van der Waals surface area contributed by atoms with E-state index in [-0.39, 0.29) is 23.7 Å². The predicted molar refractivity (Wildman–Crippen MR) is 90.0 cm³/mol. The summed E-state index contributed by atoms with van der Waals surface area (Å²) in [5.74, 6) is -1.04. The molecule has 0 aliphatic carbocycles. The molecule has 0 unspecified atom stereocenters. The molecule has 2 rings (SSSR count). The van der Waals surface area contributed by atoms with Gasteiger partial charge in [0, 0.05) is 19.3 Å². The molecule has 128 valence electrons. The van der Waals surface area contributed by atoms with Crippen molar-refractivity contribution < 1.29 is 9.18 Å². The number of carbonyl (C=O) groups is 1. The van der Waals surface area contributed by atoms with Gasteiger partial charge < -0.3 is 10.6 Å². The maximum atomic E-state index is 13.0. The van der Waals surface area contributed by atoms with Crippen molar-refractivity contribution in [3.63, 3.8) is 0 Å². The third-order valence-electron chi connectivity index (χ3n) is 3.61. The first-order chi connectivity index (χ1) is 11.3. The standard InChI is InChI=1S/C16H19FN4O3/c1-3-8-21-14(18)13(15(23)19-16(21)24)12(22)9-20(2)11-6-4-10(17)5-7-11/h4-7H,3,8-9,18H2,1-2H3,(H,19,23,24). The largest absolute Gasteiger partial charge is 0.384 e. The summed E-state index contributed by atoms with van der Waals surface area (Å²) in [6.07, 6.45) is 0.624. The van der Waals surface area contributed by atoms with E-state index >= 15 is 0 Å². The fourth-order valence-corrected chi connectivity index (χ4v) is 2.38. The lowest BCUT2D eigenvalue weighted by atomic mass is 10.1. The molecule has 3 N–H and O–H groups in total. The number of nitrogens with two attached hydrogens (primary N) is 1. The Hall–Kier alpha value is -2.90. The molecule has 0 fully saturated rings. The zero-order valence-electron chi connectivity index (χ0n) is 13.5. The van der Waals surface area contributed by atoms with Crippen LogP contribution in [0, 0.1) is 5.82 Å². The molecule has 0 aliphatic heterocycles. The number of nitrogen functional groups attached to an aromatic ring is 1. The molecule has 0 atom stereocenters. The number of hydrogen-bond acceptors (Lipinski definition) is 5. The highest BCUT2D eigenvalue weighted by molar-refractivity contribution is 6.02. The van der Waals surface area contributed by atoms with Crippen LogP contribution in [0.25, 0.3) is 0 Å². The molecular weight excluding hydrogens is 315 g/mol. The summed E-state index contributed by atoms with van der Waals surface area (Å²) < 4.78 is 14.1. The third kappa shape index (κ3) is 3.53. The van der Waals surface area contributed by atoms with Gasteiger partial charge in [-0.15, -0.1) is 0 Å². The summed E-state index contributed by atoms with van der Waals surface area (Å²) in [5.41, 5.74) is 4.79. The van der Waals surface area contributed by atoms with Crippen LogP contribution in [0.15, 0.2) is 33.9 Å². The van der Waals surface area contributed by atoms with Crippen LogP contribution in [0.2, 0.25) is 0 Å². The minimum absolute atomic E-state index is 0.136. The number of hydrogen-bond donors (Lipinski definition) is 2. The van der Waals surface area contributed by atoms with E-state index < -0.39 is 17.0 Å². The number of H-pyrrole nitrogens is 1. The molecule has 24 heavy (non-hydrogen) atoms. The highest BCUT2D eigenvalue weighted by Crippen LogP contribution is 2.14. The third-order valence-corrected chi connectivity index (χ3v) is 3.61. The Balaban J connectivity index is 2.32. The van der Waals surface area contributed by atoms with E-state index in [1.807, 2.05) is 6.92 Å². The number of aromatic amines is 1. The first kappa shape index (κ1) is 17.5. The molecule has 7 nitrogen and oxygen atoms in total. The second-order valence-electron chi connectivity index (χ2n) is 5.43. The van der Waals surface area contributed by atoms with E-state index in [1.54, 1.807) is 11.9 Å². The molecular formula is C16H19FN4O3. The van der Waals surface area contributed by atoms with Crippen molar-refractivity contribution in [3.05, 3.63) is 56.5 Å². The molecule has 1 aromatic carbocycles. The van der Waals surface area contributed by atoms with Crippen molar-refractivity contribution in [3.8, 4) is 0 Å². The van der Waals surface area contributed by atoms with Crippen LogP contribution in [0.4, 0.5) is 15.9 Å². The number of anilines is 2. The normalized spacial score (nSPS) is 10.6. The molecule has 1 heterocycles. The minimum Gasteiger partial charge on any atom is -0.384 e. The quantitative estimate of drug-likeness (QED) is 0.767. The smallest absolute Gasteiger partial charge is 0.329 e. The summed E-state index contributed by atoms with van der Waals surface area (Å²) in [7, 11) is 1.64. The SMILES string of the molecule is CCCn1c(N)c(C(=O)CN(C)c2ccc(F)cc2)c(=O)[nH]c1=O. The Morgan fingerprint density at radius 2 is 1.92 bits per heavy atom. The van der Waals surface area contributed by atoms with Gasteiger partial charge in [0.1, 0.15) is 17.2 Å². The molecule has 2 aromatic rings. The van der Waals surface area contributed by atoms with Gasteiger partial charge in [-0.3, -0.25) is 19.1 Å². The van der Waals surface area contributed by atoms with Crippen molar-refractivity contribution in [2.45, 2.75) is 19.9 Å². The van der Waals surface area contributed by atoms with Gasteiger partial charge in [-0.05, 0) is 30.7 Å². The molecule has 0 radical (unpaired) electrons. The van der Waals surface area contributed by atoms with Crippen molar-refractivity contribution in [2.24, 2.45) is 0 Å². The number of aromatic nitrogens is 2. The molecule has 0 bridgehead atoms. The van der Waals surface area contributed by atoms with E-state index in [2.05, 4.69) is 4.98 Å². The van der Waals surface area contributed by atoms with Crippen LogP contribution in [0.5, 0.6) is 0 Å². The van der Waals surface area contributed by atoms with Gasteiger partial charge in [0.05, 0.1) is 6.54 Å². The van der Waals surface area contributed by atoms with Crippen molar-refractivity contribution in [1.82, 2.24) is 9.55 Å². The zero-order valence-corrected chi connectivity index (χ0v) is 13.5. The molecule has 0 saturated carbocycles. The van der Waals surface area contributed by atoms with Crippen LogP contribution >= 0.6 is 0 Å². The molecule has 8 heteroatoms. The van der Waals surface area contributed by atoms with Gasteiger partial charge in [0.15, 0.2) is 5.78 Å². The lowest BCUT2D eigenvalue weighted by molar-refractivity contribution is 0.0999. The van der Waals surface area contributed by atoms with Gasteiger partial charge >= 0.3 is 5.69 Å². The zero-order chi connectivity index (χ0) is 17.9. The topological polar surface area (TPSA) is 101 Å². The van der Waals surface area contributed by atoms with E-state index in [0.29, 0.717) is 18.7 Å². The summed E-state index contributed by atoms with van der Waals surface area (Å²) in [6.45, 7) is 2.01. The maximum Gasteiger partial charge on any atom is 0.329 e. The average molecular weight is 334 g/mol. The lowest BCUT2D eigenvalue weighted by Crippen LogP contribution is -2.38. The monoisotopic (exact) mass is 334 g/mol. The highest BCUT2D eigenvalue weighted by atomic mass is 19.1. The maximum absolute atomic E-state index is 13.0. The Morgan fingerprint density at radius 1 is 1.29 bits per heavy atom. The number of carbonyl (C=O) groups excluding carboxylic acids is 1. The Bertz CT molecular complexity index is 855. The van der Waals surface area contributed by atoms with Crippen LogP contribution in [-0.2, 0) is 6.54 Å². The van der Waals surface area contributed by atoms with E-state index in [4.69, 9.17) is 5.73 Å². The number of likely N-dealkylation sites (N-methyl/N-ethyl adjacent to an activating group) is 1. The molecule has 0 amide bonds. The highest BCUT2D eigenvalue weighted by Gasteiger charge is 2.20.